The second-order valence-corrected chi connectivity index (χ2v) is 5.14. The molecule has 0 fully saturated rings. The number of nitrogens with two attached hydrogens (primary N) is 2. The molecule has 6 heteroatoms. The number of unbranched alkanes of at least 4 members (excludes halogenated alkanes) is 1. The van der Waals surface area contributed by atoms with Crippen LogP contribution in [0.1, 0.15) is 40.0 Å². The van der Waals surface area contributed by atoms with Crippen molar-refractivity contribution in [3.8, 4) is 0 Å². The molecule has 0 aromatic carbocycles. The summed E-state index contributed by atoms with van der Waals surface area (Å²) in [5, 5.41) is 2.57. The summed E-state index contributed by atoms with van der Waals surface area (Å²) >= 11 is 0. The average molecular weight is 259 g/mol. The molecule has 0 aliphatic rings. The Morgan fingerprint density at radius 2 is 1.83 bits per heavy atom. The monoisotopic (exact) mass is 259 g/mol. The van der Waals surface area contributed by atoms with Crippen LogP contribution in [0.5, 0.6) is 0 Å². The van der Waals surface area contributed by atoms with E-state index in [1.807, 2.05) is 0 Å². The van der Waals surface area contributed by atoms with Crippen LogP contribution in [0.3, 0.4) is 0 Å². The second kappa shape index (κ2) is 8.05. The topological polar surface area (TPSA) is 107 Å². The van der Waals surface area contributed by atoms with Gasteiger partial charge in [0.15, 0.2) is 0 Å². The van der Waals surface area contributed by atoms with Crippen LogP contribution >= 0.6 is 0 Å². The van der Waals surface area contributed by atoms with Crippen LogP contribution in [0, 0.1) is 0 Å². The van der Waals surface area contributed by atoms with Gasteiger partial charge < -0.3 is 21.5 Å². The minimum Gasteiger partial charge on any atom is -0.458 e. The van der Waals surface area contributed by atoms with Crippen LogP contribution in [0.25, 0.3) is 0 Å². The van der Waals surface area contributed by atoms with E-state index in [1.54, 1.807) is 20.8 Å². The third kappa shape index (κ3) is 8.03. The largest absolute Gasteiger partial charge is 0.458 e. The Morgan fingerprint density at radius 1 is 1.22 bits per heavy atom. The molecular weight excluding hydrogens is 234 g/mol. The van der Waals surface area contributed by atoms with Gasteiger partial charge in [-0.15, -0.1) is 0 Å². The van der Waals surface area contributed by atoms with Crippen LogP contribution in [0.2, 0.25) is 0 Å². The van der Waals surface area contributed by atoms with Crippen molar-refractivity contribution in [3.63, 3.8) is 0 Å². The van der Waals surface area contributed by atoms with Crippen molar-refractivity contribution < 1.29 is 14.3 Å². The highest BCUT2D eigenvalue weighted by Gasteiger charge is 2.25. The van der Waals surface area contributed by atoms with E-state index in [0.29, 0.717) is 13.0 Å². The number of esters is 1. The fourth-order valence-corrected chi connectivity index (χ4v) is 1.37. The fourth-order valence-electron chi connectivity index (χ4n) is 1.37. The third-order valence-electron chi connectivity index (χ3n) is 2.16. The molecule has 0 saturated carbocycles. The Balaban J connectivity index is 4.43. The lowest BCUT2D eigenvalue weighted by atomic mass is 10.1. The Bertz CT molecular complexity index is 274. The number of rotatable bonds is 7. The molecule has 0 saturated heterocycles. The summed E-state index contributed by atoms with van der Waals surface area (Å²) in [6.45, 7) is 5.77. The Kier molecular flexibility index (Phi) is 7.54. The van der Waals surface area contributed by atoms with Gasteiger partial charge in [0.1, 0.15) is 11.6 Å². The van der Waals surface area contributed by atoms with Crippen LogP contribution in [0.15, 0.2) is 0 Å². The van der Waals surface area contributed by atoms with E-state index < -0.39 is 17.6 Å². The molecule has 6 nitrogen and oxygen atoms in total. The molecule has 0 radical (unpaired) electrons. The van der Waals surface area contributed by atoms with Gasteiger partial charge in [0, 0.05) is 0 Å². The van der Waals surface area contributed by atoms with E-state index in [9.17, 15) is 9.59 Å². The first-order valence-corrected chi connectivity index (χ1v) is 6.22. The zero-order chi connectivity index (χ0) is 14.2. The molecule has 0 bridgehead atoms. The molecule has 0 spiro atoms. The Morgan fingerprint density at radius 3 is 2.28 bits per heavy atom. The standard InChI is InChI=1S/C12H25N3O3/c1-12(2,3)18-11(17)9(6-4-5-7-13)15-10(16)8-14/h9H,4-8,13-14H2,1-3H3,(H,15,16)/t9-/m0/s1. The summed E-state index contributed by atoms with van der Waals surface area (Å²) in [6, 6.07) is -0.646. The van der Waals surface area contributed by atoms with Gasteiger partial charge in [-0.05, 0) is 46.6 Å². The van der Waals surface area contributed by atoms with Gasteiger partial charge in [-0.3, -0.25) is 4.79 Å². The maximum atomic E-state index is 11.9. The number of ether oxygens (including phenoxy) is 1. The van der Waals surface area contributed by atoms with Crippen molar-refractivity contribution in [1.29, 1.82) is 0 Å². The first-order valence-electron chi connectivity index (χ1n) is 6.22. The van der Waals surface area contributed by atoms with E-state index in [2.05, 4.69) is 5.32 Å². The van der Waals surface area contributed by atoms with E-state index in [0.717, 1.165) is 12.8 Å². The third-order valence-corrected chi connectivity index (χ3v) is 2.16. The number of nitrogens with one attached hydrogen (secondary N) is 1. The van der Waals surface area contributed by atoms with Crippen molar-refractivity contribution >= 4 is 11.9 Å². The molecular formula is C12H25N3O3. The van der Waals surface area contributed by atoms with E-state index >= 15 is 0 Å². The molecule has 0 unspecified atom stereocenters. The first-order chi connectivity index (χ1) is 8.30. The number of carbonyl (C=O) groups excluding carboxylic acids is 2. The summed E-state index contributed by atoms with van der Waals surface area (Å²) in [7, 11) is 0. The maximum absolute atomic E-state index is 11.9. The van der Waals surface area contributed by atoms with E-state index in [4.69, 9.17) is 16.2 Å². The Labute approximate surface area is 108 Å². The van der Waals surface area contributed by atoms with Crippen LogP contribution in [0.4, 0.5) is 0 Å². The molecule has 0 rings (SSSR count). The predicted molar refractivity (Wildman–Crippen MR) is 69.7 cm³/mol. The zero-order valence-corrected chi connectivity index (χ0v) is 11.5. The molecule has 18 heavy (non-hydrogen) atoms. The number of carbonyl (C=O) groups is 2. The molecule has 106 valence electrons. The summed E-state index contributed by atoms with van der Waals surface area (Å²) in [6.07, 6.45) is 2.07. The lowest BCUT2D eigenvalue weighted by Gasteiger charge is -2.24. The molecule has 0 aliphatic heterocycles. The van der Waals surface area contributed by atoms with Crippen molar-refractivity contribution in [2.45, 2.75) is 51.7 Å². The highest BCUT2D eigenvalue weighted by atomic mass is 16.6. The highest BCUT2D eigenvalue weighted by molar-refractivity contribution is 5.85. The molecule has 5 N–H and O–H groups in total. The number of hydrogen-bond donors (Lipinski definition) is 3. The van der Waals surface area contributed by atoms with Crippen molar-refractivity contribution in [2.24, 2.45) is 11.5 Å². The van der Waals surface area contributed by atoms with Gasteiger partial charge in [-0.2, -0.15) is 0 Å². The lowest BCUT2D eigenvalue weighted by Crippen LogP contribution is -2.46. The molecule has 1 amide bonds. The quantitative estimate of drug-likeness (QED) is 0.437. The lowest BCUT2D eigenvalue weighted by molar-refractivity contribution is -0.158. The summed E-state index contributed by atoms with van der Waals surface area (Å²) in [4.78, 5) is 23.2. The first kappa shape index (κ1) is 16.9. The summed E-state index contributed by atoms with van der Waals surface area (Å²) in [5.41, 5.74) is 10.0. The van der Waals surface area contributed by atoms with Gasteiger partial charge >= 0.3 is 5.97 Å². The number of amides is 1. The normalized spacial score (nSPS) is 12.9. The Hall–Kier alpha value is -1.14. The van der Waals surface area contributed by atoms with Gasteiger partial charge in [0.25, 0.3) is 0 Å². The van der Waals surface area contributed by atoms with Crippen molar-refractivity contribution in [1.82, 2.24) is 5.32 Å². The van der Waals surface area contributed by atoms with Crippen LogP contribution in [-0.4, -0.2) is 36.6 Å². The highest BCUT2D eigenvalue weighted by Crippen LogP contribution is 2.11. The summed E-state index contributed by atoms with van der Waals surface area (Å²) < 4.78 is 5.25. The minimum atomic E-state index is -0.646. The van der Waals surface area contributed by atoms with Crippen LogP contribution in [-0.2, 0) is 14.3 Å². The molecule has 0 aromatic heterocycles. The summed E-state index contributed by atoms with van der Waals surface area (Å²) in [5.74, 6) is -0.792. The molecule has 1 atom stereocenters. The fraction of sp³-hybridized carbons (Fsp3) is 0.833. The molecule has 0 aromatic rings. The minimum absolute atomic E-state index is 0.143. The van der Waals surface area contributed by atoms with Gasteiger partial charge in [-0.1, -0.05) is 0 Å². The van der Waals surface area contributed by atoms with E-state index in [-0.39, 0.29) is 12.5 Å². The zero-order valence-electron chi connectivity index (χ0n) is 11.5. The van der Waals surface area contributed by atoms with Gasteiger partial charge in [-0.25, -0.2) is 4.79 Å². The second-order valence-electron chi connectivity index (χ2n) is 5.14. The van der Waals surface area contributed by atoms with Gasteiger partial charge in [0.2, 0.25) is 5.91 Å². The van der Waals surface area contributed by atoms with Crippen molar-refractivity contribution in [3.05, 3.63) is 0 Å². The molecule has 0 aliphatic carbocycles. The maximum Gasteiger partial charge on any atom is 0.329 e. The average Bonchev–Trinajstić information content (AvgIpc) is 2.25. The van der Waals surface area contributed by atoms with Crippen molar-refractivity contribution in [2.75, 3.05) is 13.1 Å². The van der Waals surface area contributed by atoms with Gasteiger partial charge in [0.05, 0.1) is 6.54 Å². The smallest absolute Gasteiger partial charge is 0.329 e. The van der Waals surface area contributed by atoms with E-state index in [1.165, 1.54) is 0 Å². The molecule has 0 heterocycles. The SMILES string of the molecule is CC(C)(C)OC(=O)[C@H](CCCCN)NC(=O)CN. The number of hydrogen-bond acceptors (Lipinski definition) is 5. The predicted octanol–water partition coefficient (Wildman–Crippen LogP) is -0.0994. The van der Waals surface area contributed by atoms with Crippen LogP contribution < -0.4 is 16.8 Å².